The molecule has 1 N–H and O–H groups in total. The van der Waals surface area contributed by atoms with E-state index in [4.69, 9.17) is 0 Å². The minimum absolute atomic E-state index is 0.172. The van der Waals surface area contributed by atoms with Gasteiger partial charge >= 0.3 is 6.18 Å². The lowest BCUT2D eigenvalue weighted by Gasteiger charge is -2.13. The van der Waals surface area contributed by atoms with Gasteiger partial charge < -0.3 is 5.32 Å². The molecule has 0 unspecified atom stereocenters. The topological polar surface area (TPSA) is 68.1 Å². The van der Waals surface area contributed by atoms with Crippen LogP contribution < -0.4 is 5.32 Å². The van der Waals surface area contributed by atoms with Crippen LogP contribution in [0.15, 0.2) is 29.9 Å². The highest BCUT2D eigenvalue weighted by molar-refractivity contribution is 7.09. The van der Waals surface area contributed by atoms with E-state index in [1.807, 2.05) is 0 Å². The van der Waals surface area contributed by atoms with Gasteiger partial charge in [-0.2, -0.15) is 13.2 Å². The number of thiazole rings is 1. The number of nitro groups is 1. The van der Waals surface area contributed by atoms with Gasteiger partial charge in [-0.05, 0) is 6.07 Å². The summed E-state index contributed by atoms with van der Waals surface area (Å²) in [5, 5.41) is 13.2. The van der Waals surface area contributed by atoms with Gasteiger partial charge in [-0.15, -0.1) is 11.3 Å². The van der Waals surface area contributed by atoms with E-state index >= 15 is 0 Å². The van der Waals surface area contributed by atoms with E-state index in [0.29, 0.717) is 6.07 Å². The second kappa shape index (κ2) is 5.45. The van der Waals surface area contributed by atoms with Crippen LogP contribution in [0.25, 0.3) is 0 Å². The molecule has 5 nitrogen and oxygen atoms in total. The maximum Gasteiger partial charge on any atom is 0.418 e. The van der Waals surface area contributed by atoms with Gasteiger partial charge in [0.2, 0.25) is 0 Å². The Hall–Kier alpha value is -2.16. The van der Waals surface area contributed by atoms with Crippen molar-refractivity contribution in [3.05, 3.63) is 50.5 Å². The quantitative estimate of drug-likeness (QED) is 0.691. The Kier molecular flexibility index (Phi) is 3.89. The van der Waals surface area contributed by atoms with E-state index in [-0.39, 0.29) is 12.2 Å². The monoisotopic (exact) mass is 303 g/mol. The molecule has 0 aliphatic heterocycles. The van der Waals surface area contributed by atoms with Crippen molar-refractivity contribution in [3.63, 3.8) is 0 Å². The van der Waals surface area contributed by atoms with Crippen LogP contribution in [0.1, 0.15) is 10.4 Å². The van der Waals surface area contributed by atoms with Gasteiger partial charge in [0, 0.05) is 28.9 Å². The molecule has 0 spiro atoms. The van der Waals surface area contributed by atoms with Gasteiger partial charge in [-0.1, -0.05) is 0 Å². The van der Waals surface area contributed by atoms with Crippen molar-refractivity contribution < 1.29 is 18.1 Å². The number of anilines is 1. The molecule has 0 aliphatic carbocycles. The van der Waals surface area contributed by atoms with Gasteiger partial charge in [-0.25, -0.2) is 0 Å². The van der Waals surface area contributed by atoms with E-state index in [1.54, 1.807) is 5.51 Å². The van der Waals surface area contributed by atoms with Crippen LogP contribution in [0.2, 0.25) is 0 Å². The lowest BCUT2D eigenvalue weighted by molar-refractivity contribution is -0.385. The number of non-ortho nitro benzene ring substituents is 1. The van der Waals surface area contributed by atoms with Crippen molar-refractivity contribution in [2.24, 2.45) is 0 Å². The first-order chi connectivity index (χ1) is 9.38. The first-order valence-corrected chi connectivity index (χ1v) is 6.23. The molecular formula is C11H8F3N3O2S. The normalized spacial score (nSPS) is 11.3. The summed E-state index contributed by atoms with van der Waals surface area (Å²) in [5.41, 5.74) is -0.286. The summed E-state index contributed by atoms with van der Waals surface area (Å²) in [6.45, 7) is 0.172. The number of benzene rings is 1. The minimum Gasteiger partial charge on any atom is -0.380 e. The Morgan fingerprint density at radius 1 is 1.40 bits per heavy atom. The maximum atomic E-state index is 12.9. The van der Waals surface area contributed by atoms with Crippen molar-refractivity contribution in [1.82, 2.24) is 4.98 Å². The largest absolute Gasteiger partial charge is 0.418 e. The van der Waals surface area contributed by atoms with Crippen LogP contribution in [0.3, 0.4) is 0 Å². The first kappa shape index (κ1) is 14.3. The summed E-state index contributed by atoms with van der Waals surface area (Å²) in [7, 11) is 0. The summed E-state index contributed by atoms with van der Waals surface area (Å²) in [5.74, 6) is 0. The summed E-state index contributed by atoms with van der Waals surface area (Å²) in [6, 6.07) is 2.61. The Morgan fingerprint density at radius 3 is 2.70 bits per heavy atom. The SMILES string of the molecule is O=[N+]([O-])c1ccc(NCc2cncs2)c(C(F)(F)F)c1. The highest BCUT2D eigenvalue weighted by Crippen LogP contribution is 2.37. The Balaban J connectivity index is 2.29. The molecule has 0 radical (unpaired) electrons. The lowest BCUT2D eigenvalue weighted by Crippen LogP contribution is -2.11. The summed E-state index contributed by atoms with van der Waals surface area (Å²) in [4.78, 5) is 14.3. The fourth-order valence-electron chi connectivity index (χ4n) is 1.55. The zero-order valence-corrected chi connectivity index (χ0v) is 10.7. The molecule has 0 fully saturated rings. The molecule has 0 bridgehead atoms. The number of aromatic nitrogens is 1. The average Bonchev–Trinajstić information content (AvgIpc) is 2.88. The summed E-state index contributed by atoms with van der Waals surface area (Å²) >= 11 is 1.30. The number of alkyl halides is 3. The first-order valence-electron chi connectivity index (χ1n) is 5.35. The van der Waals surface area contributed by atoms with Crippen LogP contribution in [0.4, 0.5) is 24.5 Å². The highest BCUT2D eigenvalue weighted by atomic mass is 32.1. The molecule has 0 saturated heterocycles. The number of hydrogen-bond donors (Lipinski definition) is 1. The van der Waals surface area contributed by atoms with Crippen LogP contribution in [-0.2, 0) is 12.7 Å². The van der Waals surface area contributed by atoms with Crippen molar-refractivity contribution >= 4 is 22.7 Å². The minimum atomic E-state index is -4.66. The van der Waals surface area contributed by atoms with E-state index in [2.05, 4.69) is 10.3 Å². The van der Waals surface area contributed by atoms with Crippen LogP contribution in [-0.4, -0.2) is 9.91 Å². The van der Waals surface area contributed by atoms with Crippen LogP contribution in [0, 0.1) is 10.1 Å². The molecule has 0 amide bonds. The number of hydrogen-bond acceptors (Lipinski definition) is 5. The predicted octanol–water partition coefficient (Wildman–Crippen LogP) is 3.68. The third kappa shape index (κ3) is 3.23. The van der Waals surface area contributed by atoms with E-state index in [9.17, 15) is 23.3 Å². The van der Waals surface area contributed by atoms with Crippen molar-refractivity contribution in [3.8, 4) is 0 Å². The lowest BCUT2D eigenvalue weighted by atomic mass is 10.1. The molecular weight excluding hydrogens is 295 g/mol. The molecule has 20 heavy (non-hydrogen) atoms. The maximum absolute atomic E-state index is 12.9. The Labute approximate surface area is 115 Å². The van der Waals surface area contributed by atoms with Gasteiger partial charge in [-0.3, -0.25) is 15.1 Å². The highest BCUT2D eigenvalue weighted by Gasteiger charge is 2.35. The molecule has 9 heteroatoms. The molecule has 0 atom stereocenters. The molecule has 1 aromatic heterocycles. The van der Waals surface area contributed by atoms with Gasteiger partial charge in [0.1, 0.15) is 0 Å². The Morgan fingerprint density at radius 2 is 2.15 bits per heavy atom. The second-order valence-electron chi connectivity index (χ2n) is 3.81. The second-order valence-corrected chi connectivity index (χ2v) is 4.78. The molecule has 2 rings (SSSR count). The molecule has 1 aromatic carbocycles. The summed E-state index contributed by atoms with van der Waals surface area (Å²) in [6.07, 6.45) is -3.13. The number of rotatable bonds is 4. The third-order valence-corrected chi connectivity index (χ3v) is 3.24. The average molecular weight is 303 g/mol. The Bertz CT molecular complexity index is 614. The molecule has 2 aromatic rings. The van der Waals surface area contributed by atoms with Crippen molar-refractivity contribution in [2.75, 3.05) is 5.32 Å². The fourth-order valence-corrected chi connectivity index (χ4v) is 2.08. The molecule has 0 saturated carbocycles. The number of nitrogens with one attached hydrogen (secondary N) is 1. The van der Waals surface area contributed by atoms with Crippen LogP contribution in [0.5, 0.6) is 0 Å². The smallest absolute Gasteiger partial charge is 0.380 e. The molecule has 1 heterocycles. The summed E-state index contributed by atoms with van der Waals surface area (Å²) < 4.78 is 38.7. The van der Waals surface area contributed by atoms with Crippen molar-refractivity contribution in [2.45, 2.75) is 12.7 Å². The van der Waals surface area contributed by atoms with Gasteiger partial charge in [0.25, 0.3) is 5.69 Å². The predicted molar refractivity (Wildman–Crippen MR) is 67.5 cm³/mol. The zero-order valence-electron chi connectivity index (χ0n) is 9.85. The standard InChI is InChI=1S/C11H8F3N3O2S/c12-11(13,14)9-3-7(17(18)19)1-2-10(9)16-5-8-4-15-6-20-8/h1-4,6,16H,5H2. The van der Waals surface area contributed by atoms with Crippen LogP contribution >= 0.6 is 11.3 Å². The zero-order chi connectivity index (χ0) is 14.8. The van der Waals surface area contributed by atoms with Crippen molar-refractivity contribution in [1.29, 1.82) is 0 Å². The fraction of sp³-hybridized carbons (Fsp3) is 0.182. The number of nitrogens with zero attached hydrogens (tertiary/aromatic N) is 2. The molecule has 106 valence electrons. The van der Waals surface area contributed by atoms with E-state index < -0.39 is 22.4 Å². The number of nitro benzene ring substituents is 1. The van der Waals surface area contributed by atoms with E-state index in [1.165, 1.54) is 17.5 Å². The molecule has 0 aliphatic rings. The van der Waals surface area contributed by atoms with Gasteiger partial charge in [0.05, 0.1) is 22.5 Å². The van der Waals surface area contributed by atoms with Gasteiger partial charge in [0.15, 0.2) is 0 Å². The van der Waals surface area contributed by atoms with E-state index in [0.717, 1.165) is 17.0 Å². The third-order valence-electron chi connectivity index (χ3n) is 2.46. The number of halogens is 3.